The van der Waals surface area contributed by atoms with Crippen molar-refractivity contribution in [3.63, 3.8) is 0 Å². The van der Waals surface area contributed by atoms with Gasteiger partial charge >= 0.3 is 0 Å². The van der Waals surface area contributed by atoms with Crippen LogP contribution in [-0.4, -0.2) is 23.6 Å². The smallest absolute Gasteiger partial charge is 0.252 e. The van der Waals surface area contributed by atoms with Gasteiger partial charge in [-0.25, -0.2) is 4.98 Å². The Hall–Kier alpha value is -0.940. The van der Waals surface area contributed by atoms with Crippen molar-refractivity contribution in [2.75, 3.05) is 11.9 Å². The normalized spacial score (nSPS) is 14.8. The highest BCUT2D eigenvalue weighted by Crippen LogP contribution is 2.29. The molecule has 0 saturated heterocycles. The number of carbonyl (C=O) groups is 1. The number of ether oxygens (including phenoxy) is 1. The van der Waals surface area contributed by atoms with Crippen LogP contribution in [0.3, 0.4) is 0 Å². The van der Waals surface area contributed by atoms with E-state index >= 15 is 0 Å². The molecule has 17 heavy (non-hydrogen) atoms. The zero-order valence-electron chi connectivity index (χ0n) is 10.3. The van der Waals surface area contributed by atoms with Crippen LogP contribution in [0.15, 0.2) is 0 Å². The summed E-state index contributed by atoms with van der Waals surface area (Å²) >= 11 is 1.60. The molecule has 2 rings (SSSR count). The molecule has 1 heterocycles. The summed E-state index contributed by atoms with van der Waals surface area (Å²) < 4.78 is 5.24. The average molecular weight is 254 g/mol. The molecule has 0 unspecified atom stereocenters. The molecule has 0 saturated carbocycles. The Morgan fingerprint density at radius 2 is 2.24 bits per heavy atom. The van der Waals surface area contributed by atoms with Crippen LogP contribution in [0, 0.1) is 0 Å². The second-order valence-corrected chi connectivity index (χ2v) is 5.59. The molecule has 0 atom stereocenters. The van der Waals surface area contributed by atoms with Gasteiger partial charge in [-0.15, -0.1) is 11.3 Å². The van der Waals surface area contributed by atoms with E-state index in [2.05, 4.69) is 10.3 Å². The minimum Gasteiger partial charge on any atom is -0.369 e. The Morgan fingerprint density at radius 1 is 1.47 bits per heavy atom. The van der Waals surface area contributed by atoms with Crippen LogP contribution in [-0.2, 0) is 22.4 Å². The number of nitrogens with one attached hydrogen (secondary N) is 1. The maximum Gasteiger partial charge on any atom is 0.252 e. The van der Waals surface area contributed by atoms with Gasteiger partial charge in [-0.2, -0.15) is 0 Å². The summed E-state index contributed by atoms with van der Waals surface area (Å²) in [5.41, 5.74) is 1.17. The average Bonchev–Trinajstić information content (AvgIpc) is 2.68. The van der Waals surface area contributed by atoms with Gasteiger partial charge in [-0.05, 0) is 39.5 Å². The van der Waals surface area contributed by atoms with E-state index in [9.17, 15) is 4.79 Å². The van der Waals surface area contributed by atoms with Crippen molar-refractivity contribution in [2.24, 2.45) is 0 Å². The third kappa shape index (κ3) is 3.51. The molecule has 4 nitrogen and oxygen atoms in total. The fraction of sp³-hybridized carbons (Fsp3) is 0.667. The molecule has 94 valence electrons. The van der Waals surface area contributed by atoms with Crippen LogP contribution in [0.1, 0.15) is 37.3 Å². The SMILES string of the molecule is CC(C)OCC(=O)Nc1nc2c(s1)CCCC2. The second kappa shape index (κ2) is 5.60. The third-order valence-corrected chi connectivity index (χ3v) is 3.71. The Kier molecular flexibility index (Phi) is 4.12. The molecule has 0 aromatic carbocycles. The summed E-state index contributed by atoms with van der Waals surface area (Å²) in [7, 11) is 0. The van der Waals surface area contributed by atoms with E-state index in [0.29, 0.717) is 5.13 Å². The van der Waals surface area contributed by atoms with Crippen molar-refractivity contribution in [3.05, 3.63) is 10.6 Å². The van der Waals surface area contributed by atoms with Crippen molar-refractivity contribution >= 4 is 22.4 Å². The van der Waals surface area contributed by atoms with Gasteiger partial charge in [0.25, 0.3) is 5.91 Å². The molecule has 1 aliphatic carbocycles. The lowest BCUT2D eigenvalue weighted by Crippen LogP contribution is -2.20. The van der Waals surface area contributed by atoms with E-state index in [4.69, 9.17) is 4.74 Å². The Bertz CT molecular complexity index is 378. The van der Waals surface area contributed by atoms with E-state index in [1.165, 1.54) is 23.4 Å². The standard InChI is InChI=1S/C12H18N2O2S/c1-8(2)16-7-11(15)14-12-13-9-5-3-4-6-10(9)17-12/h8H,3-7H2,1-2H3,(H,13,14,15). The Morgan fingerprint density at radius 3 is 2.94 bits per heavy atom. The summed E-state index contributed by atoms with van der Waals surface area (Å²) in [5.74, 6) is -0.121. The molecule has 0 bridgehead atoms. The van der Waals surface area contributed by atoms with Crippen LogP contribution in [0.25, 0.3) is 0 Å². The van der Waals surface area contributed by atoms with Crippen molar-refractivity contribution in [1.82, 2.24) is 4.98 Å². The molecule has 0 fully saturated rings. The fourth-order valence-electron chi connectivity index (χ4n) is 1.80. The summed E-state index contributed by atoms with van der Waals surface area (Å²) in [6.07, 6.45) is 4.67. The number of anilines is 1. The van der Waals surface area contributed by atoms with Gasteiger partial charge in [0.2, 0.25) is 0 Å². The molecule has 1 N–H and O–H groups in total. The molecule has 1 aromatic rings. The number of hydrogen-bond donors (Lipinski definition) is 1. The van der Waals surface area contributed by atoms with Crippen LogP contribution < -0.4 is 5.32 Å². The first-order valence-electron chi connectivity index (χ1n) is 6.05. The van der Waals surface area contributed by atoms with Crippen molar-refractivity contribution < 1.29 is 9.53 Å². The minimum atomic E-state index is -0.121. The van der Waals surface area contributed by atoms with Crippen LogP contribution in [0.4, 0.5) is 5.13 Å². The topological polar surface area (TPSA) is 51.2 Å². The molecular formula is C12H18N2O2S. The van der Waals surface area contributed by atoms with E-state index < -0.39 is 0 Å². The van der Waals surface area contributed by atoms with E-state index in [1.54, 1.807) is 11.3 Å². The van der Waals surface area contributed by atoms with Gasteiger partial charge in [0, 0.05) is 4.88 Å². The Balaban J connectivity index is 1.90. The van der Waals surface area contributed by atoms with Crippen molar-refractivity contribution in [3.8, 4) is 0 Å². The number of rotatable bonds is 4. The van der Waals surface area contributed by atoms with E-state index in [-0.39, 0.29) is 18.6 Å². The van der Waals surface area contributed by atoms with Crippen LogP contribution >= 0.6 is 11.3 Å². The zero-order chi connectivity index (χ0) is 12.3. The van der Waals surface area contributed by atoms with Crippen molar-refractivity contribution in [2.45, 2.75) is 45.6 Å². The number of amides is 1. The van der Waals surface area contributed by atoms with Gasteiger partial charge in [-0.3, -0.25) is 10.1 Å². The monoisotopic (exact) mass is 254 g/mol. The largest absolute Gasteiger partial charge is 0.369 e. The van der Waals surface area contributed by atoms with Crippen molar-refractivity contribution in [1.29, 1.82) is 0 Å². The summed E-state index contributed by atoms with van der Waals surface area (Å²) in [4.78, 5) is 17.3. The summed E-state index contributed by atoms with van der Waals surface area (Å²) in [6, 6.07) is 0. The number of fused-ring (bicyclic) bond motifs is 1. The molecule has 5 heteroatoms. The predicted octanol–water partition coefficient (Wildman–Crippen LogP) is 2.39. The highest BCUT2D eigenvalue weighted by Gasteiger charge is 2.16. The minimum absolute atomic E-state index is 0.0743. The zero-order valence-corrected chi connectivity index (χ0v) is 11.1. The number of aryl methyl sites for hydroxylation is 2. The van der Waals surface area contributed by atoms with E-state index in [1.807, 2.05) is 13.8 Å². The Labute approximate surface area is 105 Å². The number of aromatic nitrogens is 1. The molecule has 1 aliphatic rings. The lowest BCUT2D eigenvalue weighted by atomic mass is 10.0. The summed E-state index contributed by atoms with van der Waals surface area (Å²) in [6.45, 7) is 3.92. The lowest BCUT2D eigenvalue weighted by molar-refractivity contribution is -0.121. The molecular weight excluding hydrogens is 236 g/mol. The maximum absolute atomic E-state index is 11.6. The first-order valence-corrected chi connectivity index (χ1v) is 6.87. The van der Waals surface area contributed by atoms with Crippen LogP contribution in [0.5, 0.6) is 0 Å². The number of hydrogen-bond acceptors (Lipinski definition) is 4. The number of thiazole rings is 1. The summed E-state index contributed by atoms with van der Waals surface area (Å²) in [5, 5.41) is 3.51. The lowest BCUT2D eigenvalue weighted by Gasteiger charge is -2.06. The van der Waals surface area contributed by atoms with Gasteiger partial charge in [0.15, 0.2) is 5.13 Å². The van der Waals surface area contributed by atoms with Gasteiger partial charge < -0.3 is 4.74 Å². The fourth-order valence-corrected chi connectivity index (χ4v) is 2.87. The molecule has 0 aliphatic heterocycles. The molecule has 1 amide bonds. The van der Waals surface area contributed by atoms with Crippen LogP contribution in [0.2, 0.25) is 0 Å². The highest BCUT2D eigenvalue weighted by molar-refractivity contribution is 7.15. The first-order chi connectivity index (χ1) is 8.15. The molecule has 1 aromatic heterocycles. The quantitative estimate of drug-likeness (QED) is 0.897. The third-order valence-electron chi connectivity index (χ3n) is 2.64. The number of carbonyl (C=O) groups excluding carboxylic acids is 1. The maximum atomic E-state index is 11.6. The van der Waals surface area contributed by atoms with E-state index in [0.717, 1.165) is 12.8 Å². The molecule has 0 spiro atoms. The second-order valence-electron chi connectivity index (χ2n) is 4.50. The highest BCUT2D eigenvalue weighted by atomic mass is 32.1. The first kappa shape index (κ1) is 12.5. The van der Waals surface area contributed by atoms with Gasteiger partial charge in [-0.1, -0.05) is 0 Å². The number of nitrogens with zero attached hydrogens (tertiary/aromatic N) is 1. The van der Waals surface area contributed by atoms with Gasteiger partial charge in [0.1, 0.15) is 6.61 Å². The van der Waals surface area contributed by atoms with Gasteiger partial charge in [0.05, 0.1) is 11.8 Å². The predicted molar refractivity (Wildman–Crippen MR) is 68.5 cm³/mol. The molecule has 0 radical (unpaired) electrons.